The second kappa shape index (κ2) is 15.9. The number of amides is 2. The molecule has 0 heterocycles. The number of hydrogen-bond acceptors (Lipinski definition) is 2. The summed E-state index contributed by atoms with van der Waals surface area (Å²) in [6.45, 7) is 0. The Hall–Kier alpha value is -3.32. The van der Waals surface area contributed by atoms with Crippen molar-refractivity contribution in [3.05, 3.63) is 121 Å². The molecule has 48 heavy (non-hydrogen) atoms. The van der Waals surface area contributed by atoms with E-state index < -0.39 is 15.8 Å². The normalized spacial score (nSPS) is 25.6. The molecule has 4 nitrogen and oxygen atoms in total. The third kappa shape index (κ3) is 7.46. The van der Waals surface area contributed by atoms with Gasteiger partial charge < -0.3 is 10.6 Å². The molecule has 0 spiro atoms. The van der Waals surface area contributed by atoms with Crippen LogP contribution in [0.3, 0.4) is 0 Å². The molecular weight excluding hydrogens is 626 g/mol. The van der Waals surface area contributed by atoms with Gasteiger partial charge >= 0.3 is 0 Å². The maximum atomic E-state index is 14.2. The number of nitrogens with one attached hydrogen (secondary N) is 2. The summed E-state index contributed by atoms with van der Waals surface area (Å²) in [7, 11) is -1.23. The van der Waals surface area contributed by atoms with Crippen LogP contribution in [0.2, 0.25) is 0 Å². The van der Waals surface area contributed by atoms with Crippen molar-refractivity contribution in [3.63, 3.8) is 0 Å². The van der Waals surface area contributed by atoms with E-state index in [1.165, 1.54) is 21.2 Å². The molecule has 0 saturated heterocycles. The largest absolute Gasteiger partial charge is 0.352 e. The monoisotopic (exact) mass is 674 g/mol. The van der Waals surface area contributed by atoms with Crippen molar-refractivity contribution in [2.24, 2.45) is 11.8 Å². The van der Waals surface area contributed by atoms with E-state index in [2.05, 4.69) is 132 Å². The number of carbonyl (C=O) groups is 2. The van der Waals surface area contributed by atoms with E-state index in [0.29, 0.717) is 11.3 Å². The summed E-state index contributed by atoms with van der Waals surface area (Å²) in [6.07, 6.45) is 10.1. The molecular formula is C42H48N2O2P2. The standard InChI is InChI=1S/C42H48N2O2P2/c45-41(43-37-27-15-29-39(37)47(31-17-5-1-6-18-31)32-19-7-2-8-20-32)35-25-13-14-26-36(35)42(46)44-38-28-16-30-40(38)48(33-21-9-3-10-22-33)34-23-11-4-12-24-34/h1-12,17-24,35-40H,13-16,25-30H2,(H,43,45)(H,44,46). The van der Waals surface area contributed by atoms with Crippen LogP contribution in [0.4, 0.5) is 0 Å². The molecule has 6 unspecified atom stereocenters. The number of benzene rings is 4. The Morgan fingerprint density at radius 1 is 0.417 bits per heavy atom. The fourth-order valence-electron chi connectivity index (χ4n) is 8.59. The molecule has 7 rings (SSSR count). The second-order valence-electron chi connectivity index (χ2n) is 13.8. The minimum absolute atomic E-state index is 0.0987. The first kappa shape index (κ1) is 33.2. The van der Waals surface area contributed by atoms with Crippen molar-refractivity contribution in [1.82, 2.24) is 10.6 Å². The van der Waals surface area contributed by atoms with Crippen molar-refractivity contribution in [2.75, 3.05) is 0 Å². The Bertz CT molecular complexity index is 1420. The van der Waals surface area contributed by atoms with Gasteiger partial charge in [-0.25, -0.2) is 0 Å². The van der Waals surface area contributed by atoms with Gasteiger partial charge in [0.1, 0.15) is 0 Å². The van der Waals surface area contributed by atoms with Crippen molar-refractivity contribution < 1.29 is 9.59 Å². The summed E-state index contributed by atoms with van der Waals surface area (Å²) in [5, 5.41) is 12.6. The minimum Gasteiger partial charge on any atom is -0.352 e. The molecule has 0 bridgehead atoms. The van der Waals surface area contributed by atoms with Crippen LogP contribution < -0.4 is 31.9 Å². The summed E-state index contributed by atoms with van der Waals surface area (Å²) in [5.41, 5.74) is 0.776. The predicted octanol–water partition coefficient (Wildman–Crippen LogP) is 7.13. The van der Waals surface area contributed by atoms with Gasteiger partial charge in [-0.2, -0.15) is 0 Å². The van der Waals surface area contributed by atoms with Gasteiger partial charge in [-0.3, -0.25) is 9.59 Å². The molecule has 2 N–H and O–H groups in total. The first-order valence-electron chi connectivity index (χ1n) is 18.1. The molecule has 6 heteroatoms. The second-order valence-corrected chi connectivity index (χ2v) is 18.7. The molecule has 6 atom stereocenters. The average Bonchev–Trinajstić information content (AvgIpc) is 3.80. The predicted molar refractivity (Wildman–Crippen MR) is 203 cm³/mol. The summed E-state index contributed by atoms with van der Waals surface area (Å²) < 4.78 is 0. The van der Waals surface area contributed by atoms with Crippen molar-refractivity contribution in [3.8, 4) is 0 Å². The van der Waals surface area contributed by atoms with Crippen molar-refractivity contribution in [1.29, 1.82) is 0 Å². The van der Waals surface area contributed by atoms with Crippen molar-refractivity contribution in [2.45, 2.75) is 87.6 Å². The topological polar surface area (TPSA) is 58.2 Å². The molecule has 3 fully saturated rings. The lowest BCUT2D eigenvalue weighted by Gasteiger charge is -2.35. The van der Waals surface area contributed by atoms with E-state index in [4.69, 9.17) is 0 Å². The number of hydrogen-bond donors (Lipinski definition) is 2. The van der Waals surface area contributed by atoms with Gasteiger partial charge in [0.05, 0.1) is 0 Å². The molecule has 3 aliphatic rings. The Labute approximate surface area is 289 Å². The van der Waals surface area contributed by atoms with Crippen LogP contribution in [0.1, 0.15) is 64.2 Å². The Morgan fingerprint density at radius 2 is 0.729 bits per heavy atom. The molecule has 3 saturated carbocycles. The van der Waals surface area contributed by atoms with Gasteiger partial charge in [-0.1, -0.05) is 147 Å². The molecule has 0 aromatic heterocycles. The summed E-state index contributed by atoms with van der Waals surface area (Å²) in [6, 6.07) is 43.8. The highest BCUT2D eigenvalue weighted by Crippen LogP contribution is 2.49. The van der Waals surface area contributed by atoms with Crippen LogP contribution in [0.25, 0.3) is 0 Å². The van der Waals surface area contributed by atoms with Gasteiger partial charge in [0.15, 0.2) is 0 Å². The van der Waals surface area contributed by atoms with Crippen LogP contribution in [-0.4, -0.2) is 35.2 Å². The third-order valence-electron chi connectivity index (χ3n) is 10.9. The Morgan fingerprint density at radius 3 is 1.04 bits per heavy atom. The molecule has 2 amide bonds. The fourth-order valence-corrected chi connectivity index (χ4v) is 14.7. The third-order valence-corrected chi connectivity index (χ3v) is 16.8. The zero-order valence-corrected chi connectivity index (χ0v) is 29.6. The van der Waals surface area contributed by atoms with Crippen molar-refractivity contribution >= 4 is 48.9 Å². The lowest BCUT2D eigenvalue weighted by Crippen LogP contribution is -2.51. The van der Waals surface area contributed by atoms with Gasteiger partial charge in [0.2, 0.25) is 11.8 Å². The molecule has 0 radical (unpaired) electrons. The quantitative estimate of drug-likeness (QED) is 0.176. The van der Waals surface area contributed by atoms with Crippen LogP contribution in [0, 0.1) is 11.8 Å². The van der Waals surface area contributed by atoms with E-state index in [-0.39, 0.29) is 35.7 Å². The summed E-state index contributed by atoms with van der Waals surface area (Å²) in [4.78, 5) is 28.4. The van der Waals surface area contributed by atoms with Crippen LogP contribution in [0.15, 0.2) is 121 Å². The van der Waals surface area contributed by atoms with Gasteiger partial charge in [0, 0.05) is 35.2 Å². The van der Waals surface area contributed by atoms with Gasteiger partial charge in [0.25, 0.3) is 0 Å². The number of rotatable bonds is 10. The fraction of sp³-hybridized carbons (Fsp3) is 0.381. The number of carbonyl (C=O) groups excluding carboxylic acids is 2. The molecule has 248 valence electrons. The van der Waals surface area contributed by atoms with E-state index in [0.717, 1.165) is 64.2 Å². The molecule has 3 aliphatic carbocycles. The maximum Gasteiger partial charge on any atom is 0.224 e. The summed E-state index contributed by atoms with van der Waals surface area (Å²) >= 11 is 0. The van der Waals surface area contributed by atoms with Gasteiger partial charge in [-0.15, -0.1) is 0 Å². The van der Waals surface area contributed by atoms with Crippen LogP contribution >= 0.6 is 15.8 Å². The zero-order chi connectivity index (χ0) is 32.7. The zero-order valence-electron chi connectivity index (χ0n) is 27.8. The SMILES string of the molecule is O=C(NC1CCCC1P(c1ccccc1)c1ccccc1)C1CCCCC1C(=O)NC1CCCC1P(c1ccccc1)c1ccccc1. The van der Waals surface area contributed by atoms with E-state index in [9.17, 15) is 9.59 Å². The Balaban J connectivity index is 1.07. The van der Waals surface area contributed by atoms with E-state index in [1.807, 2.05) is 0 Å². The van der Waals surface area contributed by atoms with Crippen LogP contribution in [0.5, 0.6) is 0 Å². The highest BCUT2D eigenvalue weighted by atomic mass is 31.1. The molecule has 0 aliphatic heterocycles. The Kier molecular flexibility index (Phi) is 11.0. The van der Waals surface area contributed by atoms with E-state index in [1.54, 1.807) is 0 Å². The average molecular weight is 675 g/mol. The van der Waals surface area contributed by atoms with E-state index >= 15 is 0 Å². The highest BCUT2D eigenvalue weighted by molar-refractivity contribution is 7.74. The molecule has 4 aromatic rings. The highest BCUT2D eigenvalue weighted by Gasteiger charge is 2.42. The maximum absolute atomic E-state index is 14.2. The lowest BCUT2D eigenvalue weighted by atomic mass is 9.78. The first-order valence-corrected chi connectivity index (χ1v) is 20.9. The summed E-state index contributed by atoms with van der Waals surface area (Å²) in [5.74, 6) is -0.322. The lowest BCUT2D eigenvalue weighted by molar-refractivity contribution is -0.137. The van der Waals surface area contributed by atoms with Gasteiger partial charge in [-0.05, 0) is 75.6 Å². The smallest absolute Gasteiger partial charge is 0.224 e. The van der Waals surface area contributed by atoms with Crippen LogP contribution in [-0.2, 0) is 9.59 Å². The minimum atomic E-state index is -0.614. The first-order chi connectivity index (χ1) is 23.7. The molecule has 4 aromatic carbocycles.